The predicted octanol–water partition coefficient (Wildman–Crippen LogP) is 14.9. The molecule has 7 aliphatic rings. The van der Waals surface area contributed by atoms with E-state index in [1.165, 1.54) is 106 Å². The number of fused-ring (bicyclic) bond motifs is 11. The van der Waals surface area contributed by atoms with Crippen molar-refractivity contribution in [3.63, 3.8) is 0 Å². The second kappa shape index (κ2) is 11.2. The van der Waals surface area contributed by atoms with Gasteiger partial charge in [-0.15, -0.1) is 0 Å². The number of hydrogen-bond donors (Lipinski definition) is 0. The molecule has 2 spiro atoms. The second-order valence-electron chi connectivity index (χ2n) is 21.6. The lowest BCUT2D eigenvalue weighted by Gasteiger charge is -2.77. The maximum absolute atomic E-state index is 7.67. The van der Waals surface area contributed by atoms with Gasteiger partial charge in [0.2, 0.25) is 0 Å². The van der Waals surface area contributed by atoms with Crippen LogP contribution in [0.5, 0.6) is 11.5 Å². The summed E-state index contributed by atoms with van der Waals surface area (Å²) in [6.45, 7) is 14.6. The molecule has 294 valence electrons. The summed E-state index contributed by atoms with van der Waals surface area (Å²) in [5.41, 5.74) is 17.9. The quantitative estimate of drug-likeness (QED) is 0.177. The van der Waals surface area contributed by atoms with Crippen LogP contribution in [-0.4, -0.2) is 0 Å². The van der Waals surface area contributed by atoms with Crippen molar-refractivity contribution < 1.29 is 4.74 Å². The molecule has 0 aromatic heterocycles. The second-order valence-corrected chi connectivity index (χ2v) is 21.6. The first-order valence-corrected chi connectivity index (χ1v) is 22.6. The van der Waals surface area contributed by atoms with E-state index in [1.54, 1.807) is 0 Å². The first kappa shape index (κ1) is 34.8. The van der Waals surface area contributed by atoms with Crippen molar-refractivity contribution in [1.82, 2.24) is 0 Å². The Labute approximate surface area is 350 Å². The van der Waals surface area contributed by atoms with E-state index in [0.717, 1.165) is 29.0 Å². The Hall–Kier alpha value is -5.08. The van der Waals surface area contributed by atoms with Gasteiger partial charge in [0.1, 0.15) is 5.75 Å². The molecule has 59 heavy (non-hydrogen) atoms. The van der Waals surface area contributed by atoms with Crippen LogP contribution in [0.25, 0.3) is 22.3 Å². The molecule has 2 heteroatoms. The largest absolute Gasteiger partial charge is 0.454 e. The molecule has 2 bridgehead atoms. The molecule has 6 atom stereocenters. The molecule has 4 fully saturated rings. The van der Waals surface area contributed by atoms with E-state index in [2.05, 4.69) is 174 Å². The van der Waals surface area contributed by atoms with Crippen LogP contribution >= 0.6 is 0 Å². The van der Waals surface area contributed by atoms with Gasteiger partial charge in [0.25, 0.3) is 0 Å². The van der Waals surface area contributed by atoms with Crippen LogP contribution in [0.2, 0.25) is 0 Å². The lowest BCUT2D eigenvalue weighted by atomic mass is 9.26. The highest BCUT2D eigenvalue weighted by molar-refractivity contribution is 5.89. The molecule has 6 aromatic carbocycles. The molecular weight excluding hydrogens is 715 g/mol. The minimum absolute atomic E-state index is 0.0372. The molecule has 0 saturated heterocycles. The van der Waals surface area contributed by atoms with Gasteiger partial charge in [0.15, 0.2) is 5.75 Å². The van der Waals surface area contributed by atoms with Crippen LogP contribution in [0.15, 0.2) is 127 Å². The van der Waals surface area contributed by atoms with E-state index in [1.807, 2.05) is 0 Å². The number of nitrogens with zero attached hydrogens (tertiary/aromatic N) is 1. The van der Waals surface area contributed by atoms with Crippen LogP contribution in [0.3, 0.4) is 0 Å². The van der Waals surface area contributed by atoms with Crippen molar-refractivity contribution in [1.29, 1.82) is 0 Å². The molecule has 0 radical (unpaired) electrons. The first-order chi connectivity index (χ1) is 28.4. The predicted molar refractivity (Wildman–Crippen MR) is 242 cm³/mol. The Morgan fingerprint density at radius 3 is 1.93 bits per heavy atom. The third-order valence-electron chi connectivity index (χ3n) is 17.9. The lowest BCUT2D eigenvalue weighted by Crippen LogP contribution is -2.74. The van der Waals surface area contributed by atoms with Gasteiger partial charge in [-0.2, -0.15) is 0 Å². The summed E-state index contributed by atoms with van der Waals surface area (Å²) in [6, 6.07) is 49.0. The summed E-state index contributed by atoms with van der Waals surface area (Å²) in [5, 5.41) is 0. The van der Waals surface area contributed by atoms with Gasteiger partial charge < -0.3 is 9.64 Å². The SMILES string of the molecule is CC1(C)CCC(C)(C)c2cc(N(c3ccc4c(c3)C(C)(C)c3ccccc3-4)c3cccc4c3Oc3c(-c5ccccc5)cccc3C43C4CC5CC6CC3C64C5)ccc21. The van der Waals surface area contributed by atoms with Gasteiger partial charge in [0.05, 0.1) is 5.69 Å². The van der Waals surface area contributed by atoms with Crippen LogP contribution in [0.4, 0.5) is 17.1 Å². The van der Waals surface area contributed by atoms with Crippen LogP contribution in [-0.2, 0) is 21.7 Å². The Bertz CT molecular complexity index is 2790. The van der Waals surface area contributed by atoms with Gasteiger partial charge in [-0.3, -0.25) is 0 Å². The fourth-order valence-corrected chi connectivity index (χ4v) is 15.1. The van der Waals surface area contributed by atoms with E-state index in [0.29, 0.717) is 17.3 Å². The highest BCUT2D eigenvalue weighted by Gasteiger charge is 2.84. The molecule has 2 nitrogen and oxygen atoms in total. The number of anilines is 3. The lowest BCUT2D eigenvalue weighted by molar-refractivity contribution is -0.235. The minimum atomic E-state index is -0.113. The number of hydrogen-bond acceptors (Lipinski definition) is 2. The minimum Gasteiger partial charge on any atom is -0.454 e. The molecule has 1 heterocycles. The zero-order valence-corrected chi connectivity index (χ0v) is 35.5. The van der Waals surface area contributed by atoms with E-state index in [-0.39, 0.29) is 21.7 Å². The number of ether oxygens (including phenoxy) is 1. The maximum atomic E-state index is 7.67. The average molecular weight is 770 g/mol. The van der Waals surface area contributed by atoms with Gasteiger partial charge in [0, 0.05) is 38.9 Å². The van der Waals surface area contributed by atoms with E-state index in [4.69, 9.17) is 4.74 Å². The topological polar surface area (TPSA) is 12.5 Å². The van der Waals surface area contributed by atoms with E-state index >= 15 is 0 Å². The van der Waals surface area contributed by atoms with Crippen LogP contribution in [0.1, 0.15) is 113 Å². The number of rotatable bonds is 4. The zero-order chi connectivity index (χ0) is 39.8. The molecular formula is C57H55NO. The number of benzene rings is 6. The molecule has 6 unspecified atom stereocenters. The van der Waals surface area contributed by atoms with E-state index in [9.17, 15) is 0 Å². The third-order valence-corrected chi connectivity index (χ3v) is 17.9. The molecule has 1 aliphatic heterocycles. The Morgan fingerprint density at radius 2 is 1.14 bits per heavy atom. The summed E-state index contributed by atoms with van der Waals surface area (Å²) < 4.78 is 7.67. The van der Waals surface area contributed by atoms with Gasteiger partial charge in [-0.05, 0) is 148 Å². The summed E-state index contributed by atoms with van der Waals surface area (Å²) in [5.74, 6) is 5.27. The fraction of sp³-hybridized carbons (Fsp3) is 0.368. The molecule has 0 N–H and O–H groups in total. The normalized spacial score (nSPS) is 29.5. The van der Waals surface area contributed by atoms with Gasteiger partial charge in [-0.25, -0.2) is 0 Å². The standard InChI is InChI=1S/C57H55NO/c1-53(2)26-27-54(3,4)47-32-38(23-25-43(47)53)58(37-22-24-41-40-16-10-11-18-42(40)55(5,6)46(41)31-37)48-21-13-20-45-52(48)59-51-39(35-14-8-7-9-15-35)17-12-19-44(51)57(45)49-29-34-28-36-30-50(57)56(36,49)33-34/h7-25,31-32,34,36,49-50H,26-30,33H2,1-6H3. The van der Waals surface area contributed by atoms with Crippen LogP contribution in [0, 0.1) is 29.1 Å². The molecule has 0 amide bonds. The number of para-hydroxylation sites is 2. The molecule has 6 aliphatic carbocycles. The zero-order valence-electron chi connectivity index (χ0n) is 35.5. The van der Waals surface area contributed by atoms with Gasteiger partial charge >= 0.3 is 0 Å². The van der Waals surface area contributed by atoms with Crippen molar-refractivity contribution in [2.24, 2.45) is 29.1 Å². The summed E-state index contributed by atoms with van der Waals surface area (Å²) in [7, 11) is 0. The molecule has 13 rings (SSSR count). The molecule has 4 saturated carbocycles. The van der Waals surface area contributed by atoms with Crippen molar-refractivity contribution in [2.75, 3.05) is 4.90 Å². The first-order valence-electron chi connectivity index (χ1n) is 22.6. The highest BCUT2D eigenvalue weighted by Crippen LogP contribution is 2.89. The van der Waals surface area contributed by atoms with Crippen molar-refractivity contribution >= 4 is 17.1 Å². The van der Waals surface area contributed by atoms with Gasteiger partial charge in [-0.1, -0.05) is 139 Å². The van der Waals surface area contributed by atoms with Crippen molar-refractivity contribution in [3.05, 3.63) is 161 Å². The highest BCUT2D eigenvalue weighted by atomic mass is 16.5. The maximum Gasteiger partial charge on any atom is 0.155 e. The van der Waals surface area contributed by atoms with Crippen molar-refractivity contribution in [3.8, 4) is 33.8 Å². The Balaban J connectivity index is 1.07. The Morgan fingerprint density at radius 1 is 0.508 bits per heavy atom. The smallest absolute Gasteiger partial charge is 0.155 e. The summed E-state index contributed by atoms with van der Waals surface area (Å²) in [6.07, 6.45) is 7.99. The molecule has 6 aromatic rings. The average Bonchev–Trinajstić information content (AvgIpc) is 3.85. The van der Waals surface area contributed by atoms with E-state index < -0.39 is 0 Å². The van der Waals surface area contributed by atoms with Crippen LogP contribution < -0.4 is 9.64 Å². The summed E-state index contributed by atoms with van der Waals surface area (Å²) >= 11 is 0. The fourth-order valence-electron chi connectivity index (χ4n) is 15.1. The third kappa shape index (κ3) is 4.15. The summed E-state index contributed by atoms with van der Waals surface area (Å²) in [4.78, 5) is 2.58. The van der Waals surface area contributed by atoms with Crippen molar-refractivity contribution in [2.45, 2.75) is 102 Å². The Kier molecular flexibility index (Phi) is 6.59. The monoisotopic (exact) mass is 769 g/mol.